The van der Waals surface area contributed by atoms with Crippen LogP contribution in [0, 0.1) is 11.8 Å². The third-order valence-electron chi connectivity index (χ3n) is 3.27. The Bertz CT molecular complexity index is 380. The van der Waals surface area contributed by atoms with Crippen molar-refractivity contribution >= 4 is 5.97 Å². The normalized spacial score (nSPS) is 37.2. The largest absolute Gasteiger partial charge is 0.478 e. The Hall–Kier alpha value is -1.33. The first-order valence-electron chi connectivity index (χ1n) is 5.10. The molecule has 16 heavy (non-hydrogen) atoms. The summed E-state index contributed by atoms with van der Waals surface area (Å²) >= 11 is 0. The van der Waals surface area contributed by atoms with E-state index in [1.165, 1.54) is 6.92 Å². The van der Waals surface area contributed by atoms with Crippen LogP contribution in [0.2, 0.25) is 0 Å². The fraction of sp³-hybridized carbons (Fsp3) is 0.545. The van der Waals surface area contributed by atoms with Crippen LogP contribution in [-0.4, -0.2) is 33.7 Å². The lowest BCUT2D eigenvalue weighted by molar-refractivity contribution is -0.200. The van der Waals surface area contributed by atoms with Crippen LogP contribution >= 0.6 is 0 Å². The SMILES string of the molecule is CC1(O)OC=C(C(=O)O)[C@H]2CC=C(CO)[C@H]21. The van der Waals surface area contributed by atoms with Gasteiger partial charge in [-0.1, -0.05) is 6.08 Å². The Morgan fingerprint density at radius 3 is 2.94 bits per heavy atom. The molecular weight excluding hydrogens is 212 g/mol. The zero-order valence-electron chi connectivity index (χ0n) is 8.88. The van der Waals surface area contributed by atoms with E-state index >= 15 is 0 Å². The highest BCUT2D eigenvalue weighted by molar-refractivity contribution is 5.87. The van der Waals surface area contributed by atoms with Gasteiger partial charge < -0.3 is 20.1 Å². The molecule has 5 nitrogen and oxygen atoms in total. The number of fused-ring (bicyclic) bond motifs is 1. The summed E-state index contributed by atoms with van der Waals surface area (Å²) in [6, 6.07) is 0. The lowest BCUT2D eigenvalue weighted by atomic mass is 9.79. The first-order chi connectivity index (χ1) is 7.47. The molecule has 0 aromatic carbocycles. The van der Waals surface area contributed by atoms with Crippen LogP contribution < -0.4 is 0 Å². The zero-order chi connectivity index (χ0) is 11.9. The van der Waals surface area contributed by atoms with Gasteiger partial charge in [0.2, 0.25) is 5.79 Å². The molecule has 0 aromatic heterocycles. The highest BCUT2D eigenvalue weighted by atomic mass is 16.6. The number of aliphatic carboxylic acids is 1. The Morgan fingerprint density at radius 2 is 2.38 bits per heavy atom. The summed E-state index contributed by atoms with van der Waals surface area (Å²) in [6.45, 7) is 1.29. The minimum Gasteiger partial charge on any atom is -0.478 e. The molecule has 5 heteroatoms. The molecule has 0 spiro atoms. The Kier molecular flexibility index (Phi) is 2.52. The number of rotatable bonds is 2. The minimum absolute atomic E-state index is 0.149. The average molecular weight is 226 g/mol. The number of ether oxygens (including phenoxy) is 1. The molecule has 2 rings (SSSR count). The molecule has 1 heterocycles. The topological polar surface area (TPSA) is 87.0 Å². The summed E-state index contributed by atoms with van der Waals surface area (Å²) in [4.78, 5) is 11.0. The van der Waals surface area contributed by atoms with Crippen LogP contribution in [0.4, 0.5) is 0 Å². The van der Waals surface area contributed by atoms with Gasteiger partial charge in [0.15, 0.2) is 0 Å². The fourth-order valence-corrected chi connectivity index (χ4v) is 2.54. The fourth-order valence-electron chi connectivity index (χ4n) is 2.54. The monoisotopic (exact) mass is 226 g/mol. The molecule has 0 amide bonds. The van der Waals surface area contributed by atoms with E-state index in [-0.39, 0.29) is 18.1 Å². The van der Waals surface area contributed by atoms with Gasteiger partial charge in [-0.15, -0.1) is 0 Å². The molecule has 0 radical (unpaired) electrons. The van der Waals surface area contributed by atoms with Crippen molar-refractivity contribution in [2.75, 3.05) is 6.61 Å². The van der Waals surface area contributed by atoms with Crippen LogP contribution in [0.1, 0.15) is 13.3 Å². The molecule has 0 saturated heterocycles. The first-order valence-corrected chi connectivity index (χ1v) is 5.10. The van der Waals surface area contributed by atoms with Crippen LogP contribution in [0.5, 0.6) is 0 Å². The molecule has 0 aromatic rings. The predicted octanol–water partition coefficient (Wildman–Crippen LogP) is 0.248. The van der Waals surface area contributed by atoms with Gasteiger partial charge in [0.25, 0.3) is 0 Å². The molecule has 0 fully saturated rings. The third-order valence-corrected chi connectivity index (χ3v) is 3.27. The summed E-state index contributed by atoms with van der Waals surface area (Å²) in [5, 5.41) is 28.2. The van der Waals surface area contributed by atoms with Crippen LogP contribution in [0.3, 0.4) is 0 Å². The van der Waals surface area contributed by atoms with Gasteiger partial charge in [-0.05, 0) is 12.0 Å². The van der Waals surface area contributed by atoms with Crippen molar-refractivity contribution in [2.45, 2.75) is 19.1 Å². The number of hydrogen-bond acceptors (Lipinski definition) is 4. The van der Waals surface area contributed by atoms with Gasteiger partial charge in [-0.2, -0.15) is 0 Å². The third kappa shape index (κ3) is 1.52. The van der Waals surface area contributed by atoms with Gasteiger partial charge >= 0.3 is 5.97 Å². The van der Waals surface area contributed by atoms with Crippen molar-refractivity contribution in [3.05, 3.63) is 23.5 Å². The highest BCUT2D eigenvalue weighted by Gasteiger charge is 2.49. The number of carbonyl (C=O) groups is 1. The molecule has 2 aliphatic rings. The highest BCUT2D eigenvalue weighted by Crippen LogP contribution is 2.46. The van der Waals surface area contributed by atoms with Crippen molar-refractivity contribution in [1.82, 2.24) is 0 Å². The Balaban J connectivity index is 2.38. The number of aliphatic hydroxyl groups is 2. The van der Waals surface area contributed by atoms with E-state index < -0.39 is 17.7 Å². The quantitative estimate of drug-likeness (QED) is 0.587. The van der Waals surface area contributed by atoms with Crippen LogP contribution in [0.15, 0.2) is 23.5 Å². The van der Waals surface area contributed by atoms with E-state index in [2.05, 4.69) is 0 Å². The second-order valence-corrected chi connectivity index (χ2v) is 4.31. The minimum atomic E-state index is -1.45. The van der Waals surface area contributed by atoms with Gasteiger partial charge in [-0.25, -0.2) is 4.79 Å². The number of aliphatic hydroxyl groups excluding tert-OH is 1. The summed E-state index contributed by atoms with van der Waals surface area (Å²) in [6.07, 6.45) is 3.39. The van der Waals surface area contributed by atoms with E-state index in [0.717, 1.165) is 6.26 Å². The molecule has 3 N–H and O–H groups in total. The second kappa shape index (κ2) is 3.61. The molecule has 88 valence electrons. The van der Waals surface area contributed by atoms with Crippen molar-refractivity contribution in [1.29, 1.82) is 0 Å². The van der Waals surface area contributed by atoms with Crippen LogP contribution in [-0.2, 0) is 9.53 Å². The second-order valence-electron chi connectivity index (χ2n) is 4.31. The van der Waals surface area contributed by atoms with Crippen molar-refractivity contribution in [2.24, 2.45) is 11.8 Å². The summed E-state index contributed by atoms with van der Waals surface area (Å²) in [5.41, 5.74) is 0.790. The Morgan fingerprint density at radius 1 is 1.69 bits per heavy atom. The molecule has 1 unspecified atom stereocenters. The number of carboxylic acid groups (broad SMARTS) is 1. The van der Waals surface area contributed by atoms with E-state index in [4.69, 9.17) is 14.9 Å². The maximum atomic E-state index is 11.0. The maximum Gasteiger partial charge on any atom is 0.335 e. The first kappa shape index (κ1) is 11.2. The smallest absolute Gasteiger partial charge is 0.335 e. The van der Waals surface area contributed by atoms with E-state index in [0.29, 0.717) is 12.0 Å². The molecule has 1 aliphatic carbocycles. The maximum absolute atomic E-state index is 11.0. The number of hydrogen-bond donors (Lipinski definition) is 3. The lowest BCUT2D eigenvalue weighted by Gasteiger charge is -2.38. The summed E-state index contributed by atoms with van der Waals surface area (Å²) < 4.78 is 5.05. The molecule has 0 bridgehead atoms. The summed E-state index contributed by atoms with van der Waals surface area (Å²) in [5.74, 6) is -3.29. The molecule has 0 saturated carbocycles. The zero-order valence-corrected chi connectivity index (χ0v) is 8.88. The predicted molar refractivity (Wildman–Crippen MR) is 54.2 cm³/mol. The average Bonchev–Trinajstić information content (AvgIpc) is 2.61. The van der Waals surface area contributed by atoms with Gasteiger partial charge in [0.05, 0.1) is 24.4 Å². The Labute approximate surface area is 92.7 Å². The van der Waals surface area contributed by atoms with Crippen molar-refractivity contribution < 1.29 is 24.9 Å². The standard InChI is InChI=1S/C11H14O5/c1-11(15)9-6(4-12)2-3-7(9)8(5-16-11)10(13)14/h2,5,7,9,12,15H,3-4H2,1H3,(H,13,14)/t7-,9-,11?/m1/s1. The van der Waals surface area contributed by atoms with Gasteiger partial charge in [0, 0.05) is 12.8 Å². The van der Waals surface area contributed by atoms with E-state index in [1.54, 1.807) is 6.08 Å². The summed E-state index contributed by atoms with van der Waals surface area (Å²) in [7, 11) is 0. The van der Waals surface area contributed by atoms with E-state index in [9.17, 15) is 9.90 Å². The van der Waals surface area contributed by atoms with E-state index in [1.807, 2.05) is 0 Å². The van der Waals surface area contributed by atoms with Crippen LogP contribution in [0.25, 0.3) is 0 Å². The number of carboxylic acids is 1. The van der Waals surface area contributed by atoms with Crippen molar-refractivity contribution in [3.63, 3.8) is 0 Å². The van der Waals surface area contributed by atoms with Gasteiger partial charge in [0.1, 0.15) is 0 Å². The van der Waals surface area contributed by atoms with Gasteiger partial charge in [-0.3, -0.25) is 0 Å². The lowest BCUT2D eigenvalue weighted by Crippen LogP contribution is -2.44. The molecular formula is C11H14O5. The number of allylic oxidation sites excluding steroid dienone is 1. The van der Waals surface area contributed by atoms with Crippen molar-refractivity contribution in [3.8, 4) is 0 Å². The molecule has 1 aliphatic heterocycles. The molecule has 3 atom stereocenters.